The van der Waals surface area contributed by atoms with Gasteiger partial charge in [0.25, 0.3) is 5.91 Å². The number of pyridine rings is 1. The molecule has 1 aromatic heterocycles. The maximum Gasteiger partial charge on any atom is 0.266 e. The Hall–Kier alpha value is -2.60. The molecule has 11 heteroatoms. The van der Waals surface area contributed by atoms with E-state index in [1.54, 1.807) is 36.7 Å². The van der Waals surface area contributed by atoms with Crippen LogP contribution < -0.4 is 10.4 Å². The zero-order valence-corrected chi connectivity index (χ0v) is 18.2. The number of nitrogens with zero attached hydrogens (tertiary/aromatic N) is 3. The lowest BCUT2D eigenvalue weighted by Crippen LogP contribution is -2.62. The summed E-state index contributed by atoms with van der Waals surface area (Å²) in [6, 6.07) is 8.45. The normalized spacial score (nSPS) is 19.5. The smallest absolute Gasteiger partial charge is 0.266 e. The zero-order chi connectivity index (χ0) is 22.8. The molecular formula is C21H25FN4O5S. The van der Waals surface area contributed by atoms with Crippen molar-refractivity contribution < 1.29 is 27.5 Å². The van der Waals surface area contributed by atoms with Crippen LogP contribution in [-0.4, -0.2) is 73.0 Å². The van der Waals surface area contributed by atoms with Crippen LogP contribution in [0.4, 0.5) is 10.1 Å². The van der Waals surface area contributed by atoms with Gasteiger partial charge in [0.1, 0.15) is 5.82 Å². The van der Waals surface area contributed by atoms with E-state index in [9.17, 15) is 17.6 Å². The van der Waals surface area contributed by atoms with Crippen molar-refractivity contribution in [2.24, 2.45) is 0 Å². The van der Waals surface area contributed by atoms with E-state index in [0.29, 0.717) is 29.9 Å². The van der Waals surface area contributed by atoms with Crippen molar-refractivity contribution >= 4 is 21.6 Å². The number of amides is 1. The summed E-state index contributed by atoms with van der Waals surface area (Å²) in [5.41, 5.74) is 3.30. The topological polar surface area (TPSA) is 112 Å². The van der Waals surface area contributed by atoms with Crippen molar-refractivity contribution in [2.45, 2.75) is 17.6 Å². The predicted octanol–water partition coefficient (Wildman–Crippen LogP) is 1.39. The van der Waals surface area contributed by atoms with Crippen LogP contribution in [0.5, 0.6) is 0 Å². The van der Waals surface area contributed by atoms with E-state index in [-0.39, 0.29) is 45.0 Å². The molecule has 0 spiro atoms. The van der Waals surface area contributed by atoms with Gasteiger partial charge in [-0.1, -0.05) is 6.07 Å². The van der Waals surface area contributed by atoms with Gasteiger partial charge in [0.15, 0.2) is 4.75 Å². The van der Waals surface area contributed by atoms with Crippen LogP contribution in [0.1, 0.15) is 12.8 Å². The van der Waals surface area contributed by atoms with Crippen LogP contribution in [0.25, 0.3) is 11.1 Å². The monoisotopic (exact) mass is 464 g/mol. The molecule has 3 heterocycles. The SMILES string of the molecule is O=C(NO)C1(S(=O)(=O)N2CCN(c3ccc(-c4cccnc4)c(F)c3)CC2)CCOCC1. The largest absolute Gasteiger partial charge is 0.381 e. The maximum absolute atomic E-state index is 14.7. The first-order valence-corrected chi connectivity index (χ1v) is 11.8. The van der Waals surface area contributed by atoms with E-state index in [2.05, 4.69) is 4.98 Å². The average molecular weight is 465 g/mol. The second-order valence-corrected chi connectivity index (χ2v) is 10.1. The van der Waals surface area contributed by atoms with E-state index in [1.807, 2.05) is 4.90 Å². The number of piperazine rings is 1. The first-order chi connectivity index (χ1) is 15.4. The Morgan fingerprint density at radius 3 is 2.47 bits per heavy atom. The van der Waals surface area contributed by atoms with Gasteiger partial charge in [0.2, 0.25) is 10.0 Å². The van der Waals surface area contributed by atoms with Crippen molar-refractivity contribution in [1.29, 1.82) is 0 Å². The molecule has 2 fully saturated rings. The summed E-state index contributed by atoms with van der Waals surface area (Å²) in [4.78, 5) is 18.3. The molecule has 2 aliphatic rings. The molecule has 0 saturated carbocycles. The lowest BCUT2D eigenvalue weighted by molar-refractivity contribution is -0.134. The summed E-state index contributed by atoms with van der Waals surface area (Å²) in [6.07, 6.45) is 3.17. The van der Waals surface area contributed by atoms with Crippen molar-refractivity contribution in [3.63, 3.8) is 0 Å². The van der Waals surface area contributed by atoms with Gasteiger partial charge < -0.3 is 9.64 Å². The van der Waals surface area contributed by atoms with E-state index >= 15 is 0 Å². The fourth-order valence-electron chi connectivity index (χ4n) is 4.30. The number of rotatable bonds is 5. The number of aromatic nitrogens is 1. The highest BCUT2D eigenvalue weighted by atomic mass is 32.2. The van der Waals surface area contributed by atoms with Gasteiger partial charge in [-0.15, -0.1) is 0 Å². The first-order valence-electron chi connectivity index (χ1n) is 10.4. The molecule has 0 atom stereocenters. The molecule has 0 bridgehead atoms. The van der Waals surface area contributed by atoms with E-state index in [0.717, 1.165) is 0 Å². The summed E-state index contributed by atoms with van der Waals surface area (Å²) in [5.74, 6) is -1.32. The van der Waals surface area contributed by atoms with Gasteiger partial charge >= 0.3 is 0 Å². The summed E-state index contributed by atoms with van der Waals surface area (Å²) in [7, 11) is -4.04. The molecule has 172 valence electrons. The Balaban J connectivity index is 1.49. The number of carbonyl (C=O) groups is 1. The van der Waals surface area contributed by atoms with Gasteiger partial charge in [-0.3, -0.25) is 15.0 Å². The number of carbonyl (C=O) groups excluding carboxylic acids is 1. The number of anilines is 1. The van der Waals surface area contributed by atoms with Crippen LogP contribution in [0.3, 0.4) is 0 Å². The molecule has 1 aromatic carbocycles. The van der Waals surface area contributed by atoms with Gasteiger partial charge in [-0.25, -0.2) is 18.3 Å². The molecule has 9 nitrogen and oxygen atoms in total. The number of hydrogen-bond donors (Lipinski definition) is 2. The molecule has 0 unspecified atom stereocenters. The van der Waals surface area contributed by atoms with Crippen LogP contribution in [0.2, 0.25) is 0 Å². The Morgan fingerprint density at radius 2 is 1.88 bits per heavy atom. The lowest BCUT2D eigenvalue weighted by Gasteiger charge is -2.42. The predicted molar refractivity (Wildman–Crippen MR) is 115 cm³/mol. The summed E-state index contributed by atoms with van der Waals surface area (Å²) in [5, 5.41) is 9.16. The maximum atomic E-state index is 14.7. The van der Waals surface area contributed by atoms with Crippen LogP contribution in [0, 0.1) is 5.82 Å². The van der Waals surface area contributed by atoms with Crippen molar-refractivity contribution in [2.75, 3.05) is 44.3 Å². The molecule has 2 aliphatic heterocycles. The minimum absolute atomic E-state index is 0.0248. The number of benzene rings is 1. The van der Waals surface area contributed by atoms with Gasteiger partial charge in [0, 0.05) is 81.4 Å². The van der Waals surface area contributed by atoms with Gasteiger partial charge in [0.05, 0.1) is 0 Å². The number of nitrogens with one attached hydrogen (secondary N) is 1. The molecule has 32 heavy (non-hydrogen) atoms. The van der Waals surface area contributed by atoms with Gasteiger partial charge in [-0.2, -0.15) is 4.31 Å². The van der Waals surface area contributed by atoms with Crippen molar-refractivity contribution in [1.82, 2.24) is 14.8 Å². The third-order valence-corrected chi connectivity index (χ3v) is 8.80. The highest BCUT2D eigenvalue weighted by Crippen LogP contribution is 2.34. The fraction of sp³-hybridized carbons (Fsp3) is 0.429. The second-order valence-electron chi connectivity index (χ2n) is 7.84. The number of hydroxylamine groups is 1. The Labute approximate surface area is 185 Å². The zero-order valence-electron chi connectivity index (χ0n) is 17.4. The molecule has 2 N–H and O–H groups in total. The summed E-state index contributed by atoms with van der Waals surface area (Å²) < 4.78 is 46.3. The third kappa shape index (κ3) is 3.96. The molecular weight excluding hydrogens is 439 g/mol. The fourth-order valence-corrected chi connectivity index (χ4v) is 6.40. The number of hydrogen-bond acceptors (Lipinski definition) is 7. The quantitative estimate of drug-likeness (QED) is 0.508. The number of sulfonamides is 1. The summed E-state index contributed by atoms with van der Waals surface area (Å²) >= 11 is 0. The standard InChI is InChI=1S/C21H25FN4O5S/c22-19-14-17(3-4-18(19)16-2-1-7-23-15-16)25-8-10-26(11-9-25)32(29,30)21(20(27)24-28)5-12-31-13-6-21/h1-4,7,14-15,28H,5-6,8-13H2,(H,24,27). The lowest BCUT2D eigenvalue weighted by atomic mass is 9.98. The van der Waals surface area contributed by atoms with E-state index < -0.39 is 20.7 Å². The molecule has 2 aromatic rings. The average Bonchev–Trinajstić information content (AvgIpc) is 2.84. The van der Waals surface area contributed by atoms with E-state index in [4.69, 9.17) is 9.94 Å². The van der Waals surface area contributed by atoms with Crippen molar-refractivity contribution in [3.05, 3.63) is 48.5 Å². The highest BCUT2D eigenvalue weighted by molar-refractivity contribution is 7.91. The summed E-state index contributed by atoms with van der Waals surface area (Å²) in [6.45, 7) is 1.23. The second kappa shape index (κ2) is 9.10. The van der Waals surface area contributed by atoms with Crippen LogP contribution >= 0.6 is 0 Å². The van der Waals surface area contributed by atoms with Crippen molar-refractivity contribution in [3.8, 4) is 11.1 Å². The number of ether oxygens (including phenoxy) is 1. The van der Waals surface area contributed by atoms with Crippen LogP contribution in [-0.2, 0) is 19.6 Å². The first kappa shape index (κ1) is 22.6. The van der Waals surface area contributed by atoms with Gasteiger partial charge in [-0.05, 0) is 24.3 Å². The third-order valence-electron chi connectivity index (χ3n) is 6.18. The molecule has 4 rings (SSSR count). The minimum atomic E-state index is -4.04. The Morgan fingerprint density at radius 1 is 1.16 bits per heavy atom. The molecule has 0 radical (unpaired) electrons. The molecule has 2 saturated heterocycles. The highest BCUT2D eigenvalue weighted by Gasteiger charge is 2.54. The molecule has 1 amide bonds. The van der Waals surface area contributed by atoms with E-state index in [1.165, 1.54) is 15.9 Å². The molecule has 0 aliphatic carbocycles. The number of halogens is 1. The minimum Gasteiger partial charge on any atom is -0.381 e. The Kier molecular flexibility index (Phi) is 6.42. The van der Waals surface area contributed by atoms with Crippen LogP contribution in [0.15, 0.2) is 42.7 Å². The Bertz CT molecular complexity index is 1070.